The van der Waals surface area contributed by atoms with Gasteiger partial charge in [-0.05, 0) is 42.5 Å². The first-order chi connectivity index (χ1) is 16.3. The van der Waals surface area contributed by atoms with Gasteiger partial charge < -0.3 is 20.3 Å². The Balaban J connectivity index is 1.81. The average molecular weight is 500 g/mol. The van der Waals surface area contributed by atoms with Crippen LogP contribution in [0.4, 0.5) is 43.4 Å². The summed E-state index contributed by atoms with van der Waals surface area (Å²) in [6, 6.07) is 9.23. The minimum atomic E-state index is -5.03. The van der Waals surface area contributed by atoms with Crippen molar-refractivity contribution in [1.29, 1.82) is 5.26 Å². The van der Waals surface area contributed by atoms with Gasteiger partial charge in [-0.15, -0.1) is 0 Å². The van der Waals surface area contributed by atoms with Crippen LogP contribution in [0.15, 0.2) is 42.5 Å². The summed E-state index contributed by atoms with van der Waals surface area (Å²) in [5.41, 5.74) is -2.02. The SMILES string of the molecule is CCC(=O)Nc1ccc(NC(=O)C2CN(c3ccc(C#N)c(C(F)(F)F)c3)C(C(F)(F)F)O2)cc1. The van der Waals surface area contributed by atoms with Crippen LogP contribution in [0.5, 0.6) is 0 Å². The molecule has 2 aromatic rings. The fraction of sp³-hybridized carbons (Fsp3) is 0.318. The Labute approximate surface area is 195 Å². The Hall–Kier alpha value is -3.79. The summed E-state index contributed by atoms with van der Waals surface area (Å²) in [5.74, 6) is -1.19. The van der Waals surface area contributed by atoms with E-state index in [0.717, 1.165) is 12.1 Å². The highest BCUT2D eigenvalue weighted by molar-refractivity contribution is 5.95. The molecule has 3 rings (SSSR count). The maximum absolute atomic E-state index is 13.6. The van der Waals surface area contributed by atoms with E-state index in [1.807, 2.05) is 0 Å². The minimum Gasteiger partial charge on any atom is -0.335 e. The van der Waals surface area contributed by atoms with Gasteiger partial charge in [0.2, 0.25) is 12.1 Å². The van der Waals surface area contributed by atoms with Crippen LogP contribution in [0, 0.1) is 11.3 Å². The van der Waals surface area contributed by atoms with E-state index >= 15 is 0 Å². The highest BCUT2D eigenvalue weighted by Crippen LogP contribution is 2.39. The molecule has 1 heterocycles. The van der Waals surface area contributed by atoms with Crippen molar-refractivity contribution >= 4 is 28.9 Å². The number of carbonyl (C=O) groups excluding carboxylic acids is 2. The van der Waals surface area contributed by atoms with E-state index in [0.29, 0.717) is 16.7 Å². The molecule has 2 N–H and O–H groups in total. The first-order valence-corrected chi connectivity index (χ1v) is 10.1. The summed E-state index contributed by atoms with van der Waals surface area (Å²) in [6.07, 6.45) is -14.1. The largest absolute Gasteiger partial charge is 0.433 e. The molecule has 0 bridgehead atoms. The third-order valence-corrected chi connectivity index (χ3v) is 5.03. The standard InChI is InChI=1S/C22H18F6N4O3/c1-2-18(33)30-13-4-6-14(7-5-13)31-19(34)17-11-32(20(35-17)22(26,27)28)15-8-3-12(10-29)16(9-15)21(23,24)25/h3-9,17,20H,2,11H2,1H3,(H,30,33)(H,31,34). The molecule has 1 aliphatic rings. The number of halogens is 6. The van der Waals surface area contributed by atoms with Crippen LogP contribution in [0.1, 0.15) is 24.5 Å². The van der Waals surface area contributed by atoms with Gasteiger partial charge in [-0.25, -0.2) is 0 Å². The molecule has 7 nitrogen and oxygen atoms in total. The molecule has 0 saturated carbocycles. The van der Waals surface area contributed by atoms with E-state index in [1.165, 1.54) is 30.3 Å². The number of hydrogen-bond acceptors (Lipinski definition) is 5. The van der Waals surface area contributed by atoms with Gasteiger partial charge in [0.25, 0.3) is 5.91 Å². The van der Waals surface area contributed by atoms with Crippen molar-refractivity contribution in [1.82, 2.24) is 0 Å². The topological polar surface area (TPSA) is 94.5 Å². The molecule has 1 aliphatic heterocycles. The number of anilines is 3. The Kier molecular flexibility index (Phi) is 7.25. The second kappa shape index (κ2) is 9.83. The van der Waals surface area contributed by atoms with Crippen molar-refractivity contribution in [2.45, 2.75) is 38.0 Å². The van der Waals surface area contributed by atoms with Gasteiger partial charge in [-0.1, -0.05) is 6.92 Å². The predicted octanol–water partition coefficient (Wildman–Crippen LogP) is 4.66. The number of benzene rings is 2. The molecule has 2 aromatic carbocycles. The van der Waals surface area contributed by atoms with Gasteiger partial charge >= 0.3 is 12.4 Å². The number of hydrogen-bond donors (Lipinski definition) is 2. The first kappa shape index (κ1) is 25.8. The van der Waals surface area contributed by atoms with Crippen molar-refractivity contribution in [2.75, 3.05) is 22.1 Å². The highest BCUT2D eigenvalue weighted by Gasteiger charge is 2.52. The van der Waals surface area contributed by atoms with E-state index in [2.05, 4.69) is 10.6 Å². The van der Waals surface area contributed by atoms with Gasteiger partial charge in [0.05, 0.1) is 23.7 Å². The zero-order valence-electron chi connectivity index (χ0n) is 18.0. The van der Waals surface area contributed by atoms with E-state index in [1.54, 1.807) is 6.92 Å². The molecule has 2 unspecified atom stereocenters. The molecule has 0 aromatic heterocycles. The van der Waals surface area contributed by atoms with Crippen LogP contribution >= 0.6 is 0 Å². The molecule has 35 heavy (non-hydrogen) atoms. The summed E-state index contributed by atoms with van der Waals surface area (Å²) in [7, 11) is 0. The number of rotatable bonds is 5. The van der Waals surface area contributed by atoms with Crippen LogP contribution in [0.2, 0.25) is 0 Å². The summed E-state index contributed by atoms with van der Waals surface area (Å²) < 4.78 is 85.6. The minimum absolute atomic E-state index is 0.202. The lowest BCUT2D eigenvalue weighted by Crippen LogP contribution is -2.42. The lowest BCUT2D eigenvalue weighted by Gasteiger charge is -2.27. The molecule has 0 radical (unpaired) electrons. The average Bonchev–Trinajstić information content (AvgIpc) is 3.25. The Morgan fingerprint density at radius 3 is 2.17 bits per heavy atom. The van der Waals surface area contributed by atoms with Gasteiger partial charge in [-0.2, -0.15) is 31.6 Å². The van der Waals surface area contributed by atoms with Crippen molar-refractivity contribution in [2.24, 2.45) is 0 Å². The molecule has 2 amide bonds. The van der Waals surface area contributed by atoms with Crippen LogP contribution in [-0.2, 0) is 20.5 Å². The van der Waals surface area contributed by atoms with Crippen molar-refractivity contribution in [3.63, 3.8) is 0 Å². The number of nitriles is 1. The Bertz CT molecular complexity index is 1140. The first-order valence-electron chi connectivity index (χ1n) is 10.1. The molecule has 1 saturated heterocycles. The van der Waals surface area contributed by atoms with Gasteiger partial charge in [0, 0.05) is 23.5 Å². The van der Waals surface area contributed by atoms with Gasteiger partial charge in [0.1, 0.15) is 0 Å². The lowest BCUT2D eigenvalue weighted by molar-refractivity contribution is -0.212. The third kappa shape index (κ3) is 6.02. The number of carbonyl (C=O) groups is 2. The van der Waals surface area contributed by atoms with E-state index in [4.69, 9.17) is 10.00 Å². The molecule has 2 atom stereocenters. The maximum atomic E-state index is 13.6. The van der Waals surface area contributed by atoms with Crippen molar-refractivity contribution in [3.05, 3.63) is 53.6 Å². The second-order valence-corrected chi connectivity index (χ2v) is 7.48. The number of alkyl halides is 6. The Morgan fingerprint density at radius 2 is 1.66 bits per heavy atom. The fourth-order valence-electron chi connectivity index (χ4n) is 3.34. The number of nitrogens with one attached hydrogen (secondary N) is 2. The summed E-state index contributed by atoms with van der Waals surface area (Å²) in [4.78, 5) is 24.5. The summed E-state index contributed by atoms with van der Waals surface area (Å²) in [5, 5.41) is 13.9. The molecule has 1 fully saturated rings. The zero-order chi connectivity index (χ0) is 26.0. The number of ether oxygens (including phenoxy) is 1. The fourth-order valence-corrected chi connectivity index (χ4v) is 3.34. The molecular formula is C22H18F6N4O3. The van der Waals surface area contributed by atoms with Crippen molar-refractivity contribution < 1.29 is 40.7 Å². The van der Waals surface area contributed by atoms with Crippen LogP contribution in [0.25, 0.3) is 0 Å². The number of nitrogens with zero attached hydrogens (tertiary/aromatic N) is 2. The lowest BCUT2D eigenvalue weighted by atomic mass is 10.1. The van der Waals surface area contributed by atoms with E-state index in [-0.39, 0.29) is 18.0 Å². The van der Waals surface area contributed by atoms with Crippen LogP contribution in [-0.4, -0.2) is 36.9 Å². The Morgan fingerprint density at radius 1 is 1.06 bits per heavy atom. The molecular weight excluding hydrogens is 482 g/mol. The molecule has 0 aliphatic carbocycles. The number of amides is 2. The molecule has 186 valence electrons. The predicted molar refractivity (Wildman–Crippen MR) is 112 cm³/mol. The zero-order valence-corrected chi connectivity index (χ0v) is 18.0. The van der Waals surface area contributed by atoms with Crippen LogP contribution in [0.3, 0.4) is 0 Å². The molecule has 0 spiro atoms. The highest BCUT2D eigenvalue weighted by atomic mass is 19.4. The molecule has 13 heteroatoms. The smallest absolute Gasteiger partial charge is 0.335 e. The summed E-state index contributed by atoms with van der Waals surface area (Å²) in [6.45, 7) is 0.967. The third-order valence-electron chi connectivity index (χ3n) is 5.03. The van der Waals surface area contributed by atoms with Crippen LogP contribution < -0.4 is 15.5 Å². The van der Waals surface area contributed by atoms with Gasteiger partial charge in [0.15, 0.2) is 6.10 Å². The van der Waals surface area contributed by atoms with E-state index in [9.17, 15) is 35.9 Å². The normalized spacial score (nSPS) is 18.2. The van der Waals surface area contributed by atoms with Crippen molar-refractivity contribution in [3.8, 4) is 6.07 Å². The maximum Gasteiger partial charge on any atom is 0.433 e. The monoisotopic (exact) mass is 500 g/mol. The van der Waals surface area contributed by atoms with E-state index < -0.39 is 54.0 Å². The second-order valence-electron chi connectivity index (χ2n) is 7.48. The summed E-state index contributed by atoms with van der Waals surface area (Å²) >= 11 is 0. The van der Waals surface area contributed by atoms with Gasteiger partial charge in [-0.3, -0.25) is 9.59 Å². The quantitative estimate of drug-likeness (QED) is 0.583.